The number of nitrogens with zero attached hydrogens (tertiary/aromatic N) is 3. The Bertz CT molecular complexity index is 1220. The molecule has 3 rings (SSSR count). The predicted molar refractivity (Wildman–Crippen MR) is 151 cm³/mol. The third-order valence-electron chi connectivity index (χ3n) is 6.80. The molecule has 1 aromatic carbocycles. The molecular weight excluding hydrogens is 564 g/mol. The summed E-state index contributed by atoms with van der Waals surface area (Å²) >= 11 is 0. The van der Waals surface area contributed by atoms with Crippen molar-refractivity contribution in [2.45, 2.75) is 45.3 Å². The summed E-state index contributed by atoms with van der Waals surface area (Å²) in [7, 11) is 0. The summed E-state index contributed by atoms with van der Waals surface area (Å²) < 4.78 is 5.29. The van der Waals surface area contributed by atoms with Crippen molar-refractivity contribution in [3.8, 4) is 0 Å². The van der Waals surface area contributed by atoms with E-state index in [4.69, 9.17) is 9.84 Å². The van der Waals surface area contributed by atoms with Gasteiger partial charge >= 0.3 is 12.2 Å². The Morgan fingerprint density at radius 1 is 0.884 bits per heavy atom. The van der Waals surface area contributed by atoms with Crippen LogP contribution in [0.4, 0.5) is 15.3 Å². The Morgan fingerprint density at radius 2 is 1.51 bits per heavy atom. The van der Waals surface area contributed by atoms with Gasteiger partial charge in [-0.25, -0.2) is 9.59 Å². The molecule has 232 valence electrons. The summed E-state index contributed by atoms with van der Waals surface area (Å²) in [5, 5.41) is 16.7. The molecule has 0 unspecified atom stereocenters. The predicted octanol–water partition coefficient (Wildman–Crippen LogP) is 0.664. The highest BCUT2D eigenvalue weighted by Crippen LogP contribution is 2.13. The molecule has 1 atom stereocenters. The highest BCUT2D eigenvalue weighted by molar-refractivity contribution is 6.12. The van der Waals surface area contributed by atoms with Crippen LogP contribution in [0.25, 0.3) is 0 Å². The number of hydrogen-bond acceptors (Lipinski definition) is 8. The van der Waals surface area contributed by atoms with E-state index in [2.05, 4.69) is 16.0 Å². The number of hydrogen-bond donors (Lipinski definition) is 4. The molecule has 15 heteroatoms. The topological polar surface area (TPSA) is 195 Å². The Hall–Kier alpha value is -4.95. The first-order chi connectivity index (χ1) is 20.5. The molecule has 2 aliphatic rings. The number of imide groups is 1. The molecule has 0 spiro atoms. The summed E-state index contributed by atoms with van der Waals surface area (Å²) in [6.45, 7) is 2.47. The van der Waals surface area contributed by atoms with Gasteiger partial charge in [0.2, 0.25) is 17.7 Å². The summed E-state index contributed by atoms with van der Waals surface area (Å²) in [5.74, 6) is -1.99. The number of carbonyl (C=O) groups excluding carboxylic acids is 6. The zero-order valence-electron chi connectivity index (χ0n) is 23.9. The third-order valence-corrected chi connectivity index (χ3v) is 6.80. The van der Waals surface area contributed by atoms with Crippen LogP contribution in [0.15, 0.2) is 36.4 Å². The zero-order chi connectivity index (χ0) is 31.4. The van der Waals surface area contributed by atoms with Crippen LogP contribution in [0.5, 0.6) is 0 Å². The third kappa shape index (κ3) is 10.4. The Labute approximate surface area is 248 Å². The molecule has 1 aromatic rings. The number of nitrogens with one attached hydrogen (secondary N) is 3. The number of carboxylic acid groups (broad SMARTS) is 1. The van der Waals surface area contributed by atoms with E-state index in [0.717, 1.165) is 4.90 Å². The van der Waals surface area contributed by atoms with Crippen LogP contribution in [-0.4, -0.2) is 107 Å². The first-order valence-electron chi connectivity index (χ1n) is 13.9. The maximum Gasteiger partial charge on any atom is 0.410 e. The fraction of sp³-hybridized carbons (Fsp3) is 0.464. The Kier molecular flexibility index (Phi) is 12.0. The van der Waals surface area contributed by atoms with Gasteiger partial charge < -0.3 is 35.6 Å². The van der Waals surface area contributed by atoms with Crippen LogP contribution in [0, 0.1) is 0 Å². The van der Waals surface area contributed by atoms with E-state index in [0.29, 0.717) is 37.1 Å². The van der Waals surface area contributed by atoms with Gasteiger partial charge in [-0.2, -0.15) is 0 Å². The van der Waals surface area contributed by atoms with Gasteiger partial charge in [0.05, 0.1) is 6.54 Å². The lowest BCUT2D eigenvalue weighted by Crippen LogP contribution is -2.50. The Morgan fingerprint density at radius 3 is 2.14 bits per heavy atom. The lowest BCUT2D eigenvalue weighted by molar-refractivity contribution is -0.137. The van der Waals surface area contributed by atoms with Crippen molar-refractivity contribution >= 4 is 47.4 Å². The van der Waals surface area contributed by atoms with Crippen molar-refractivity contribution in [3.05, 3.63) is 42.0 Å². The van der Waals surface area contributed by atoms with E-state index < -0.39 is 30.0 Å². The second kappa shape index (κ2) is 15.9. The minimum atomic E-state index is -1.02. The highest BCUT2D eigenvalue weighted by atomic mass is 16.6. The zero-order valence-corrected chi connectivity index (χ0v) is 23.9. The van der Waals surface area contributed by atoms with Gasteiger partial charge in [0.1, 0.15) is 12.6 Å². The Balaban J connectivity index is 1.27. The van der Waals surface area contributed by atoms with Gasteiger partial charge in [0.25, 0.3) is 11.8 Å². The maximum absolute atomic E-state index is 12.5. The summed E-state index contributed by atoms with van der Waals surface area (Å²) in [6.07, 6.45) is 2.82. The number of anilines is 1. The number of rotatable bonds is 13. The average Bonchev–Trinajstić information content (AvgIpc) is 3.31. The maximum atomic E-state index is 12.5. The molecule has 1 fully saturated rings. The van der Waals surface area contributed by atoms with Crippen LogP contribution >= 0.6 is 0 Å². The van der Waals surface area contributed by atoms with Gasteiger partial charge in [0.15, 0.2) is 0 Å². The highest BCUT2D eigenvalue weighted by Gasteiger charge is 2.25. The fourth-order valence-electron chi connectivity index (χ4n) is 4.26. The quantitative estimate of drug-likeness (QED) is 0.186. The lowest BCUT2D eigenvalue weighted by atomic mass is 10.2. The molecule has 2 heterocycles. The van der Waals surface area contributed by atoms with Crippen molar-refractivity contribution in [1.29, 1.82) is 0 Å². The number of ether oxygens (including phenoxy) is 1. The monoisotopic (exact) mass is 600 g/mol. The summed E-state index contributed by atoms with van der Waals surface area (Å²) in [5.41, 5.74) is 1.15. The van der Waals surface area contributed by atoms with Crippen molar-refractivity contribution in [3.63, 3.8) is 0 Å². The number of amides is 7. The molecule has 0 aromatic heterocycles. The molecule has 43 heavy (non-hydrogen) atoms. The van der Waals surface area contributed by atoms with Crippen molar-refractivity contribution < 1.29 is 43.4 Å². The van der Waals surface area contributed by atoms with Crippen LogP contribution in [0.2, 0.25) is 0 Å². The molecule has 2 aliphatic heterocycles. The van der Waals surface area contributed by atoms with E-state index in [1.807, 2.05) is 0 Å². The normalized spacial score (nSPS) is 15.2. The molecule has 0 saturated carbocycles. The van der Waals surface area contributed by atoms with E-state index in [9.17, 15) is 33.6 Å². The van der Waals surface area contributed by atoms with Gasteiger partial charge in [-0.3, -0.25) is 28.9 Å². The van der Waals surface area contributed by atoms with Crippen LogP contribution in [0.1, 0.15) is 38.2 Å². The van der Waals surface area contributed by atoms with Crippen LogP contribution in [0.3, 0.4) is 0 Å². The van der Waals surface area contributed by atoms with Crippen LogP contribution in [-0.2, 0) is 35.3 Å². The van der Waals surface area contributed by atoms with Gasteiger partial charge in [-0.05, 0) is 37.5 Å². The molecule has 1 saturated heterocycles. The summed E-state index contributed by atoms with van der Waals surface area (Å²) in [6, 6.07) is 5.72. The number of benzene rings is 1. The minimum Gasteiger partial charge on any atom is -0.465 e. The number of carbonyl (C=O) groups is 7. The van der Waals surface area contributed by atoms with Gasteiger partial charge in [0, 0.05) is 57.0 Å². The van der Waals surface area contributed by atoms with E-state index in [-0.39, 0.29) is 63.5 Å². The van der Waals surface area contributed by atoms with Crippen molar-refractivity contribution in [2.24, 2.45) is 0 Å². The lowest BCUT2D eigenvalue weighted by Gasteiger charge is -2.32. The first-order valence-corrected chi connectivity index (χ1v) is 13.9. The van der Waals surface area contributed by atoms with E-state index >= 15 is 0 Å². The molecule has 15 nitrogen and oxygen atoms in total. The molecule has 0 bridgehead atoms. The SMILES string of the molecule is C[C@H](NC(=O)CNC(=O)CCCCCN1C(=O)C=CC1=O)C(=O)Nc1ccc(COC(=O)N2CCN(C(=O)O)CC2)cc1. The molecular formula is C28H36N6O9. The largest absolute Gasteiger partial charge is 0.465 e. The van der Waals surface area contributed by atoms with Crippen LogP contribution < -0.4 is 16.0 Å². The summed E-state index contributed by atoms with van der Waals surface area (Å²) in [4.78, 5) is 86.7. The fourth-order valence-corrected chi connectivity index (χ4v) is 4.26. The molecule has 4 N–H and O–H groups in total. The minimum absolute atomic E-state index is 0.00270. The van der Waals surface area contributed by atoms with Gasteiger partial charge in [-0.1, -0.05) is 18.6 Å². The molecule has 0 aliphatic carbocycles. The average molecular weight is 601 g/mol. The molecule has 0 radical (unpaired) electrons. The first kappa shape index (κ1) is 32.6. The van der Waals surface area contributed by atoms with E-state index in [1.165, 1.54) is 28.9 Å². The van der Waals surface area contributed by atoms with Crippen molar-refractivity contribution in [2.75, 3.05) is 44.6 Å². The standard InChI is InChI=1S/C28H36N6O9/c1-19(30-23(36)17-29-22(35)5-3-2-4-12-34-24(37)10-11-25(34)38)26(39)31-21-8-6-20(7-9-21)18-43-28(42)33-15-13-32(14-16-33)27(40)41/h6-11,19H,2-5,12-18H2,1H3,(H,29,35)(H,30,36)(H,31,39)(H,40,41)/t19-/m0/s1. The number of unbranched alkanes of at least 4 members (excludes halogenated alkanes) is 2. The smallest absolute Gasteiger partial charge is 0.410 e. The number of piperazine rings is 1. The van der Waals surface area contributed by atoms with Gasteiger partial charge in [-0.15, -0.1) is 0 Å². The van der Waals surface area contributed by atoms with E-state index in [1.54, 1.807) is 24.3 Å². The van der Waals surface area contributed by atoms with Crippen molar-refractivity contribution in [1.82, 2.24) is 25.3 Å². The second-order valence-electron chi connectivity index (χ2n) is 10.0. The second-order valence-corrected chi connectivity index (χ2v) is 10.0. The molecule has 7 amide bonds.